The lowest BCUT2D eigenvalue weighted by Gasteiger charge is -2.35. The zero-order valence-corrected chi connectivity index (χ0v) is 24.7. The highest BCUT2D eigenvalue weighted by molar-refractivity contribution is 7.79. The van der Waals surface area contributed by atoms with Gasteiger partial charge in [-0.05, 0) is 40.4 Å². The van der Waals surface area contributed by atoms with E-state index in [1.807, 2.05) is 6.20 Å². The fourth-order valence-corrected chi connectivity index (χ4v) is 10.7. The first-order chi connectivity index (χ1) is 19.7. The van der Waals surface area contributed by atoms with Gasteiger partial charge in [-0.3, -0.25) is 0 Å². The van der Waals surface area contributed by atoms with E-state index in [9.17, 15) is 0 Å². The van der Waals surface area contributed by atoms with Gasteiger partial charge in [0.1, 0.15) is 5.57 Å². The molecule has 0 radical (unpaired) electrons. The van der Waals surface area contributed by atoms with Crippen molar-refractivity contribution in [2.24, 2.45) is 11.8 Å². The first-order valence-electron chi connectivity index (χ1n) is 13.9. The van der Waals surface area contributed by atoms with E-state index in [0.29, 0.717) is 5.92 Å². The minimum Gasteiger partial charge on any atom is -0.327 e. The normalized spacial score (nSPS) is 15.6. The summed E-state index contributed by atoms with van der Waals surface area (Å²) in [6.07, 6.45) is 11.3. The molecule has 5 aromatic rings. The molecule has 0 spiro atoms. The van der Waals surface area contributed by atoms with Crippen molar-refractivity contribution in [3.05, 3.63) is 157 Å². The zero-order valence-electron chi connectivity index (χ0n) is 23.0. The number of hydrogen-bond acceptors (Lipinski definition) is 1. The first kappa shape index (κ1) is 26.6. The van der Waals surface area contributed by atoms with Crippen LogP contribution in [0.5, 0.6) is 0 Å². The summed E-state index contributed by atoms with van der Waals surface area (Å²) in [6.45, 7) is 4.72. The van der Waals surface area contributed by atoms with E-state index < -0.39 is 15.8 Å². The molecular weight excluding hydrogens is 522 g/mol. The molecule has 6 rings (SSSR count). The molecule has 0 bridgehead atoms. The highest BCUT2D eigenvalue weighted by Crippen LogP contribution is 2.53. The molecule has 0 N–H and O–H groups in total. The third-order valence-corrected chi connectivity index (χ3v) is 12.4. The summed E-state index contributed by atoms with van der Waals surface area (Å²) in [4.78, 5) is 5.08. The molecule has 1 aromatic heterocycles. The average molecular weight is 557 g/mol. The highest BCUT2D eigenvalue weighted by Gasteiger charge is 2.36. The molecule has 0 saturated heterocycles. The van der Waals surface area contributed by atoms with Gasteiger partial charge in [-0.2, -0.15) is 0 Å². The van der Waals surface area contributed by atoms with Crippen LogP contribution >= 0.6 is 15.8 Å². The Kier molecular flexibility index (Phi) is 8.19. The van der Waals surface area contributed by atoms with Gasteiger partial charge in [-0.15, -0.1) is 0 Å². The van der Waals surface area contributed by atoms with Gasteiger partial charge in [0.25, 0.3) is 0 Å². The van der Waals surface area contributed by atoms with Crippen LogP contribution in [-0.4, -0.2) is 9.55 Å². The molecule has 198 valence electrons. The molecule has 0 fully saturated rings. The summed E-state index contributed by atoms with van der Waals surface area (Å²) in [5.41, 5.74) is 1.16. The quantitative estimate of drug-likeness (QED) is 0.178. The highest BCUT2D eigenvalue weighted by atomic mass is 31.1. The van der Waals surface area contributed by atoms with Gasteiger partial charge in [0.05, 0.1) is 0 Å². The van der Waals surface area contributed by atoms with Gasteiger partial charge >= 0.3 is 0 Å². The Hall–Kier alpha value is -3.57. The number of hydrogen-bond donors (Lipinski definition) is 0. The lowest BCUT2D eigenvalue weighted by Crippen LogP contribution is -2.35. The number of rotatable bonds is 9. The lowest BCUT2D eigenvalue weighted by molar-refractivity contribution is 0.335. The van der Waals surface area contributed by atoms with E-state index in [4.69, 9.17) is 4.98 Å². The van der Waals surface area contributed by atoms with E-state index in [1.165, 1.54) is 26.5 Å². The first-order valence-corrected chi connectivity index (χ1v) is 16.6. The Morgan fingerprint density at radius 1 is 0.625 bits per heavy atom. The monoisotopic (exact) mass is 556 g/mol. The molecule has 4 heteroatoms. The Morgan fingerprint density at radius 2 is 1.07 bits per heavy atom. The SMILES string of the molecule is CC(C)[C@H](C1C=CC=C1P(c1ccccc1)c1ccccc1)n1ccnc1P(c1ccccc1)c1ccccc1. The maximum Gasteiger partial charge on any atom is 0.140 e. The van der Waals surface area contributed by atoms with Gasteiger partial charge in [-0.25, -0.2) is 4.98 Å². The molecule has 0 aliphatic heterocycles. The molecule has 4 aromatic carbocycles. The van der Waals surface area contributed by atoms with E-state index >= 15 is 0 Å². The number of nitrogens with zero attached hydrogens (tertiary/aromatic N) is 2. The van der Waals surface area contributed by atoms with Crippen molar-refractivity contribution in [3.63, 3.8) is 0 Å². The second kappa shape index (κ2) is 12.3. The topological polar surface area (TPSA) is 17.8 Å². The molecular formula is C36H34N2P2. The molecule has 1 unspecified atom stereocenters. The van der Waals surface area contributed by atoms with Crippen molar-refractivity contribution in [1.82, 2.24) is 9.55 Å². The minimum absolute atomic E-state index is 0.248. The van der Waals surface area contributed by atoms with Crippen LogP contribution < -0.4 is 26.8 Å². The van der Waals surface area contributed by atoms with Crippen LogP contribution in [0.15, 0.2) is 157 Å². The van der Waals surface area contributed by atoms with Crippen molar-refractivity contribution >= 4 is 42.6 Å². The maximum absolute atomic E-state index is 5.08. The van der Waals surface area contributed by atoms with Crippen LogP contribution in [0.25, 0.3) is 0 Å². The van der Waals surface area contributed by atoms with Crippen molar-refractivity contribution in [3.8, 4) is 0 Å². The molecule has 1 aliphatic rings. The van der Waals surface area contributed by atoms with Crippen molar-refractivity contribution in [2.45, 2.75) is 19.9 Å². The Labute approximate surface area is 240 Å². The van der Waals surface area contributed by atoms with Crippen LogP contribution in [0.3, 0.4) is 0 Å². The van der Waals surface area contributed by atoms with Gasteiger partial charge in [0.2, 0.25) is 0 Å². The summed E-state index contributed by atoms with van der Waals surface area (Å²) < 4.78 is 2.51. The van der Waals surface area contributed by atoms with E-state index in [-0.39, 0.29) is 12.0 Å². The number of allylic oxidation sites excluding steroid dienone is 4. The lowest BCUT2D eigenvalue weighted by atomic mass is 9.91. The van der Waals surface area contributed by atoms with Crippen LogP contribution in [0, 0.1) is 11.8 Å². The molecule has 2 nitrogen and oxygen atoms in total. The van der Waals surface area contributed by atoms with Gasteiger partial charge in [-0.1, -0.05) is 153 Å². The molecule has 1 heterocycles. The van der Waals surface area contributed by atoms with Crippen LogP contribution in [0.1, 0.15) is 19.9 Å². The fourth-order valence-electron chi connectivity index (χ4n) is 5.75. The summed E-state index contributed by atoms with van der Waals surface area (Å²) in [7, 11) is -1.47. The minimum atomic E-state index is -0.805. The molecule has 0 amide bonds. The standard InChI is InChI=1S/C36H34N2P2/c1-28(2)35(33-24-15-25-34(33)39(29-16-7-3-8-17-29)30-18-9-4-10-19-30)38-27-26-37-36(38)40(31-20-11-5-12-21-31)32-22-13-6-14-23-32/h3-28,33,35H,1-2H3/t33?,35-/m1/s1. The van der Waals surface area contributed by atoms with Gasteiger partial charge in [0.15, 0.2) is 0 Å². The van der Waals surface area contributed by atoms with E-state index in [1.54, 1.807) is 0 Å². The number of aromatic nitrogens is 2. The fraction of sp³-hybridized carbons (Fsp3) is 0.139. The van der Waals surface area contributed by atoms with E-state index in [0.717, 1.165) is 5.57 Å². The Bertz CT molecular complexity index is 1500. The molecule has 2 atom stereocenters. The van der Waals surface area contributed by atoms with Crippen LogP contribution in [-0.2, 0) is 0 Å². The third-order valence-electron chi connectivity index (χ3n) is 7.46. The van der Waals surface area contributed by atoms with Gasteiger partial charge in [0, 0.05) is 32.3 Å². The summed E-state index contributed by atoms with van der Waals surface area (Å²) >= 11 is 0. The second-order valence-corrected chi connectivity index (χ2v) is 14.7. The summed E-state index contributed by atoms with van der Waals surface area (Å²) in [5, 5.41) is 6.95. The Morgan fingerprint density at radius 3 is 1.52 bits per heavy atom. The summed E-state index contributed by atoms with van der Waals surface area (Å²) in [6, 6.07) is 44.2. The van der Waals surface area contributed by atoms with Crippen molar-refractivity contribution in [2.75, 3.05) is 0 Å². The van der Waals surface area contributed by atoms with E-state index in [2.05, 4.69) is 164 Å². The largest absolute Gasteiger partial charge is 0.327 e. The summed E-state index contributed by atoms with van der Waals surface area (Å²) in [5.74, 6) is 0.693. The number of imidazole rings is 1. The zero-order chi connectivity index (χ0) is 27.3. The van der Waals surface area contributed by atoms with Gasteiger partial charge < -0.3 is 4.57 Å². The molecule has 1 aliphatic carbocycles. The predicted octanol–water partition coefficient (Wildman–Crippen LogP) is 7.04. The third kappa shape index (κ3) is 5.40. The van der Waals surface area contributed by atoms with Crippen LogP contribution in [0.4, 0.5) is 0 Å². The smallest absolute Gasteiger partial charge is 0.140 e. The maximum atomic E-state index is 5.08. The van der Waals surface area contributed by atoms with Crippen molar-refractivity contribution in [1.29, 1.82) is 0 Å². The Balaban J connectivity index is 1.46. The predicted molar refractivity (Wildman–Crippen MR) is 175 cm³/mol. The molecule has 40 heavy (non-hydrogen) atoms. The molecule has 0 saturated carbocycles. The second-order valence-electron chi connectivity index (χ2n) is 10.4. The average Bonchev–Trinajstić information content (AvgIpc) is 3.67. The van der Waals surface area contributed by atoms with Crippen molar-refractivity contribution < 1.29 is 0 Å². The number of benzene rings is 4. The van der Waals surface area contributed by atoms with Crippen LogP contribution in [0.2, 0.25) is 0 Å².